The molecule has 0 aliphatic rings. The molecule has 0 amide bonds. The SMILES string of the molecule is CCc1cc(CC)n(C(C)CCCNC)n1. The molecule has 1 N–H and O–H groups in total. The van der Waals surface area contributed by atoms with Crippen molar-refractivity contribution in [2.75, 3.05) is 13.6 Å². The Bertz CT molecular complexity index is 304. The predicted octanol–water partition coefficient (Wildman–Crippen LogP) is 2.57. The highest BCUT2D eigenvalue weighted by atomic mass is 15.3. The number of hydrogen-bond acceptors (Lipinski definition) is 2. The lowest BCUT2D eigenvalue weighted by atomic mass is 10.1. The largest absolute Gasteiger partial charge is 0.320 e. The maximum atomic E-state index is 4.67. The Balaban J connectivity index is 2.65. The highest BCUT2D eigenvalue weighted by Gasteiger charge is 2.11. The van der Waals surface area contributed by atoms with Crippen molar-refractivity contribution < 1.29 is 0 Å². The molecule has 0 saturated heterocycles. The lowest BCUT2D eigenvalue weighted by Gasteiger charge is -2.15. The number of nitrogens with zero attached hydrogens (tertiary/aromatic N) is 2. The number of aryl methyl sites for hydroxylation is 2. The molecule has 0 spiro atoms. The van der Waals surface area contributed by atoms with Gasteiger partial charge in [-0.25, -0.2) is 0 Å². The van der Waals surface area contributed by atoms with E-state index in [1.807, 2.05) is 7.05 Å². The van der Waals surface area contributed by atoms with E-state index in [1.54, 1.807) is 0 Å². The van der Waals surface area contributed by atoms with E-state index in [4.69, 9.17) is 0 Å². The van der Waals surface area contributed by atoms with Gasteiger partial charge < -0.3 is 5.32 Å². The van der Waals surface area contributed by atoms with Gasteiger partial charge in [0.15, 0.2) is 0 Å². The molecule has 1 aromatic rings. The lowest BCUT2D eigenvalue weighted by molar-refractivity contribution is 0.428. The molecule has 0 aromatic carbocycles. The van der Waals surface area contributed by atoms with Gasteiger partial charge in [-0.3, -0.25) is 4.68 Å². The predicted molar refractivity (Wildman–Crippen MR) is 68.9 cm³/mol. The third kappa shape index (κ3) is 3.34. The van der Waals surface area contributed by atoms with Crippen LogP contribution in [0, 0.1) is 0 Å². The van der Waals surface area contributed by atoms with Gasteiger partial charge in [-0.15, -0.1) is 0 Å². The van der Waals surface area contributed by atoms with Crippen LogP contribution in [0.25, 0.3) is 0 Å². The number of hydrogen-bond donors (Lipinski definition) is 1. The molecule has 0 aliphatic carbocycles. The van der Waals surface area contributed by atoms with Crippen LogP contribution in [0.3, 0.4) is 0 Å². The molecule has 1 unspecified atom stereocenters. The molecule has 1 aromatic heterocycles. The van der Waals surface area contributed by atoms with E-state index < -0.39 is 0 Å². The normalized spacial score (nSPS) is 13.0. The number of rotatable bonds is 7. The van der Waals surface area contributed by atoms with Crippen LogP contribution in [0.5, 0.6) is 0 Å². The van der Waals surface area contributed by atoms with E-state index >= 15 is 0 Å². The summed E-state index contributed by atoms with van der Waals surface area (Å²) in [5.74, 6) is 0. The Morgan fingerprint density at radius 2 is 2.12 bits per heavy atom. The van der Waals surface area contributed by atoms with Crippen LogP contribution in [0.1, 0.15) is 51.0 Å². The minimum absolute atomic E-state index is 0.517. The summed E-state index contributed by atoms with van der Waals surface area (Å²) in [5, 5.41) is 7.86. The summed E-state index contributed by atoms with van der Waals surface area (Å²) in [5.41, 5.74) is 2.59. The standard InChI is InChI=1S/C13H25N3/c1-5-12-10-13(6-2)16(15-12)11(3)8-7-9-14-4/h10-11,14H,5-9H2,1-4H3. The second kappa shape index (κ2) is 6.69. The summed E-state index contributed by atoms with van der Waals surface area (Å²) in [6.07, 6.45) is 4.51. The molecule has 0 fully saturated rings. The first kappa shape index (κ1) is 13.2. The first-order valence-corrected chi connectivity index (χ1v) is 6.44. The molecular weight excluding hydrogens is 198 g/mol. The molecule has 1 atom stereocenters. The molecule has 16 heavy (non-hydrogen) atoms. The molecule has 0 saturated carbocycles. The monoisotopic (exact) mass is 223 g/mol. The Kier molecular flexibility index (Phi) is 5.53. The average Bonchev–Trinajstić information content (AvgIpc) is 2.72. The van der Waals surface area contributed by atoms with Crippen molar-refractivity contribution in [2.45, 2.75) is 52.5 Å². The van der Waals surface area contributed by atoms with Crippen molar-refractivity contribution >= 4 is 0 Å². The van der Waals surface area contributed by atoms with Gasteiger partial charge in [0.2, 0.25) is 0 Å². The zero-order chi connectivity index (χ0) is 12.0. The van der Waals surface area contributed by atoms with E-state index in [0.29, 0.717) is 6.04 Å². The van der Waals surface area contributed by atoms with E-state index in [-0.39, 0.29) is 0 Å². The smallest absolute Gasteiger partial charge is 0.0624 e. The van der Waals surface area contributed by atoms with Gasteiger partial charge in [-0.05, 0) is 52.3 Å². The number of nitrogens with one attached hydrogen (secondary N) is 1. The Morgan fingerprint density at radius 1 is 1.38 bits per heavy atom. The average molecular weight is 223 g/mol. The second-order valence-electron chi connectivity index (χ2n) is 4.37. The fraction of sp³-hybridized carbons (Fsp3) is 0.769. The third-order valence-corrected chi connectivity index (χ3v) is 3.05. The van der Waals surface area contributed by atoms with Crippen molar-refractivity contribution in [1.29, 1.82) is 0 Å². The summed E-state index contributed by atoms with van der Waals surface area (Å²) in [6, 6.07) is 2.76. The van der Waals surface area contributed by atoms with Crippen LogP contribution in [0.4, 0.5) is 0 Å². The van der Waals surface area contributed by atoms with Gasteiger partial charge in [0.25, 0.3) is 0 Å². The van der Waals surface area contributed by atoms with Crippen molar-refractivity contribution in [3.8, 4) is 0 Å². The summed E-state index contributed by atoms with van der Waals surface area (Å²) in [4.78, 5) is 0. The summed E-state index contributed by atoms with van der Waals surface area (Å²) in [7, 11) is 2.01. The quantitative estimate of drug-likeness (QED) is 0.720. The fourth-order valence-electron chi connectivity index (χ4n) is 2.00. The third-order valence-electron chi connectivity index (χ3n) is 3.05. The molecule has 3 heteroatoms. The molecule has 0 aliphatic heterocycles. The minimum Gasteiger partial charge on any atom is -0.320 e. The minimum atomic E-state index is 0.517. The van der Waals surface area contributed by atoms with Gasteiger partial charge >= 0.3 is 0 Å². The topological polar surface area (TPSA) is 29.9 Å². The first-order valence-electron chi connectivity index (χ1n) is 6.44. The molecule has 1 rings (SSSR count). The van der Waals surface area contributed by atoms with E-state index in [9.17, 15) is 0 Å². The van der Waals surface area contributed by atoms with Crippen LogP contribution in [0.15, 0.2) is 6.07 Å². The molecule has 92 valence electrons. The van der Waals surface area contributed by atoms with Crippen LogP contribution >= 0.6 is 0 Å². The Labute approximate surface area is 99.2 Å². The molecule has 0 radical (unpaired) electrons. The van der Waals surface area contributed by atoms with Gasteiger partial charge in [0.1, 0.15) is 0 Å². The van der Waals surface area contributed by atoms with Gasteiger partial charge in [0.05, 0.1) is 5.69 Å². The summed E-state index contributed by atoms with van der Waals surface area (Å²) in [6.45, 7) is 7.72. The van der Waals surface area contributed by atoms with Crippen LogP contribution in [-0.4, -0.2) is 23.4 Å². The van der Waals surface area contributed by atoms with Crippen molar-refractivity contribution in [2.24, 2.45) is 0 Å². The van der Waals surface area contributed by atoms with Crippen LogP contribution in [-0.2, 0) is 12.8 Å². The molecule has 3 nitrogen and oxygen atoms in total. The Hall–Kier alpha value is -0.830. The molecule has 1 heterocycles. The second-order valence-corrected chi connectivity index (χ2v) is 4.37. The van der Waals surface area contributed by atoms with E-state index in [0.717, 1.165) is 19.4 Å². The summed E-state index contributed by atoms with van der Waals surface area (Å²) >= 11 is 0. The lowest BCUT2D eigenvalue weighted by Crippen LogP contribution is -2.14. The van der Waals surface area contributed by atoms with Gasteiger partial charge in [0, 0.05) is 11.7 Å². The highest BCUT2D eigenvalue weighted by molar-refractivity contribution is 5.11. The van der Waals surface area contributed by atoms with Crippen molar-refractivity contribution in [3.05, 3.63) is 17.5 Å². The maximum absolute atomic E-state index is 4.67. The van der Waals surface area contributed by atoms with E-state index in [2.05, 4.69) is 41.9 Å². The summed E-state index contributed by atoms with van der Waals surface area (Å²) < 4.78 is 2.22. The molecular formula is C13H25N3. The van der Waals surface area contributed by atoms with Crippen LogP contribution in [0.2, 0.25) is 0 Å². The van der Waals surface area contributed by atoms with Gasteiger partial charge in [-0.1, -0.05) is 13.8 Å². The van der Waals surface area contributed by atoms with Crippen LogP contribution < -0.4 is 5.32 Å². The van der Waals surface area contributed by atoms with Crippen molar-refractivity contribution in [1.82, 2.24) is 15.1 Å². The zero-order valence-corrected chi connectivity index (χ0v) is 11.1. The first-order chi connectivity index (χ1) is 7.72. The fourth-order valence-corrected chi connectivity index (χ4v) is 2.00. The maximum Gasteiger partial charge on any atom is 0.0624 e. The highest BCUT2D eigenvalue weighted by Crippen LogP contribution is 2.17. The van der Waals surface area contributed by atoms with Gasteiger partial charge in [-0.2, -0.15) is 5.10 Å². The van der Waals surface area contributed by atoms with E-state index in [1.165, 1.54) is 24.2 Å². The molecule has 0 bridgehead atoms. The van der Waals surface area contributed by atoms with Crippen molar-refractivity contribution in [3.63, 3.8) is 0 Å². The Morgan fingerprint density at radius 3 is 2.69 bits per heavy atom. The zero-order valence-electron chi connectivity index (χ0n) is 11.1. The number of aromatic nitrogens is 2.